The first kappa shape index (κ1) is 16.8. The fourth-order valence-corrected chi connectivity index (χ4v) is 2.71. The maximum Gasteiger partial charge on any atom is 0.379 e. The fraction of sp³-hybridized carbons (Fsp3) is 0.444. The van der Waals surface area contributed by atoms with Gasteiger partial charge in [0.2, 0.25) is 0 Å². The number of halogens is 4. The van der Waals surface area contributed by atoms with E-state index in [1.54, 1.807) is 11.4 Å². The molecule has 0 fully saturated rings. The predicted molar refractivity (Wildman–Crippen MR) is 67.8 cm³/mol. The molecular weight excluding hydrogens is 340 g/mol. The lowest BCUT2D eigenvalue weighted by Gasteiger charge is -2.20. The van der Waals surface area contributed by atoms with Gasteiger partial charge >= 0.3 is 11.9 Å². The molecule has 0 aliphatic rings. The highest BCUT2D eigenvalue weighted by molar-refractivity contribution is 9.10. The highest BCUT2D eigenvalue weighted by Crippen LogP contribution is 2.37. The van der Waals surface area contributed by atoms with Crippen LogP contribution in [0.1, 0.15) is 17.8 Å². The summed E-state index contributed by atoms with van der Waals surface area (Å²) in [5, 5.41) is 1.61. The summed E-state index contributed by atoms with van der Waals surface area (Å²) in [7, 11) is 0. The van der Waals surface area contributed by atoms with Crippen LogP contribution in [0.25, 0.3) is 0 Å². The van der Waals surface area contributed by atoms with Crippen molar-refractivity contribution in [1.29, 1.82) is 0 Å². The highest BCUT2D eigenvalue weighted by Gasteiger charge is 2.48. The van der Waals surface area contributed by atoms with Gasteiger partial charge in [0.15, 0.2) is 0 Å². The second-order valence-electron chi connectivity index (χ2n) is 2.95. The number of alkyl halides is 2. The van der Waals surface area contributed by atoms with Crippen molar-refractivity contribution >= 4 is 45.6 Å². The number of thiophene rings is 1. The summed E-state index contributed by atoms with van der Waals surface area (Å²) in [6.45, 7) is 1.35. The minimum absolute atomic E-state index is 0. The van der Waals surface area contributed by atoms with E-state index in [-0.39, 0.29) is 23.9 Å². The summed E-state index contributed by atoms with van der Waals surface area (Å²) in [5.41, 5.74) is 5.38. The van der Waals surface area contributed by atoms with Gasteiger partial charge in [-0.05, 0) is 34.3 Å². The standard InChI is InChI=1S/C9H10BrF2NO2S.ClH/c1-2-15-8(14)9(11,12)7(13)6-5(10)3-4-16-6;/h3-4,7H,2,13H2,1H3;1H/t7-;/m1./s1. The fourth-order valence-electron chi connectivity index (χ4n) is 1.05. The molecule has 0 unspecified atom stereocenters. The first-order chi connectivity index (χ1) is 7.41. The lowest BCUT2D eigenvalue weighted by Crippen LogP contribution is -2.41. The normalized spacial score (nSPS) is 12.8. The molecule has 0 spiro atoms. The van der Waals surface area contributed by atoms with Crippen molar-refractivity contribution in [2.24, 2.45) is 5.73 Å². The number of rotatable bonds is 4. The van der Waals surface area contributed by atoms with Gasteiger partial charge in [-0.2, -0.15) is 8.78 Å². The number of esters is 1. The minimum Gasteiger partial charge on any atom is -0.462 e. The van der Waals surface area contributed by atoms with Gasteiger partial charge in [-0.25, -0.2) is 4.79 Å². The van der Waals surface area contributed by atoms with E-state index in [4.69, 9.17) is 5.73 Å². The number of ether oxygens (including phenoxy) is 1. The second kappa shape index (κ2) is 6.63. The molecule has 1 heterocycles. The molecule has 0 saturated carbocycles. The average molecular weight is 351 g/mol. The third-order valence-electron chi connectivity index (χ3n) is 1.87. The number of hydrogen-bond acceptors (Lipinski definition) is 4. The van der Waals surface area contributed by atoms with E-state index in [0.29, 0.717) is 4.47 Å². The van der Waals surface area contributed by atoms with Gasteiger partial charge in [0.05, 0.1) is 6.61 Å². The van der Waals surface area contributed by atoms with Gasteiger partial charge in [0.1, 0.15) is 6.04 Å². The Bertz CT molecular complexity index is 389. The zero-order valence-corrected chi connectivity index (χ0v) is 12.0. The summed E-state index contributed by atoms with van der Waals surface area (Å²) in [6.07, 6.45) is 0. The van der Waals surface area contributed by atoms with E-state index in [9.17, 15) is 13.6 Å². The van der Waals surface area contributed by atoms with Crippen molar-refractivity contribution in [3.05, 3.63) is 20.8 Å². The van der Waals surface area contributed by atoms with Crippen LogP contribution in [0.3, 0.4) is 0 Å². The Balaban J connectivity index is 0.00000256. The zero-order chi connectivity index (χ0) is 12.3. The maximum absolute atomic E-state index is 13.5. The molecule has 0 radical (unpaired) electrons. The summed E-state index contributed by atoms with van der Waals surface area (Å²) in [4.78, 5) is 11.3. The number of hydrogen-bond donors (Lipinski definition) is 1. The molecule has 0 amide bonds. The van der Waals surface area contributed by atoms with Gasteiger partial charge in [0, 0.05) is 9.35 Å². The number of carbonyl (C=O) groups is 1. The van der Waals surface area contributed by atoms with Gasteiger partial charge in [0.25, 0.3) is 0 Å². The minimum atomic E-state index is -3.72. The van der Waals surface area contributed by atoms with Crippen molar-refractivity contribution in [3.8, 4) is 0 Å². The van der Waals surface area contributed by atoms with Crippen molar-refractivity contribution in [2.45, 2.75) is 18.9 Å². The molecule has 1 aromatic rings. The summed E-state index contributed by atoms with van der Waals surface area (Å²) in [5.74, 6) is -5.31. The molecule has 0 aromatic carbocycles. The third kappa shape index (κ3) is 3.61. The van der Waals surface area contributed by atoms with E-state index in [2.05, 4.69) is 20.7 Å². The third-order valence-corrected chi connectivity index (χ3v) is 3.82. The molecule has 0 saturated heterocycles. The molecule has 0 bridgehead atoms. The van der Waals surface area contributed by atoms with Crippen LogP contribution in [-0.2, 0) is 9.53 Å². The molecule has 8 heteroatoms. The molecular formula is C9H11BrClF2NO2S. The van der Waals surface area contributed by atoms with E-state index < -0.39 is 17.9 Å². The molecule has 2 N–H and O–H groups in total. The quantitative estimate of drug-likeness (QED) is 0.849. The van der Waals surface area contributed by atoms with Crippen LogP contribution in [0.2, 0.25) is 0 Å². The van der Waals surface area contributed by atoms with Crippen molar-refractivity contribution in [2.75, 3.05) is 6.61 Å². The highest BCUT2D eigenvalue weighted by atomic mass is 79.9. The summed E-state index contributed by atoms with van der Waals surface area (Å²) >= 11 is 4.15. The van der Waals surface area contributed by atoms with Crippen LogP contribution < -0.4 is 5.73 Å². The second-order valence-corrected chi connectivity index (χ2v) is 4.76. The van der Waals surface area contributed by atoms with Crippen molar-refractivity contribution in [1.82, 2.24) is 0 Å². The Hall–Kier alpha value is -0.240. The molecule has 3 nitrogen and oxygen atoms in total. The lowest BCUT2D eigenvalue weighted by atomic mass is 10.1. The van der Waals surface area contributed by atoms with Crippen LogP contribution in [-0.4, -0.2) is 18.5 Å². The number of carbonyl (C=O) groups excluding carboxylic acids is 1. The Kier molecular flexibility index (Phi) is 6.53. The maximum atomic E-state index is 13.5. The van der Waals surface area contributed by atoms with Crippen LogP contribution in [0.4, 0.5) is 8.78 Å². The largest absolute Gasteiger partial charge is 0.462 e. The molecule has 0 aliphatic heterocycles. The van der Waals surface area contributed by atoms with Gasteiger partial charge in [-0.15, -0.1) is 23.7 Å². The Morgan fingerprint density at radius 3 is 2.71 bits per heavy atom. The van der Waals surface area contributed by atoms with Crippen LogP contribution >= 0.6 is 39.7 Å². The lowest BCUT2D eigenvalue weighted by molar-refractivity contribution is -0.174. The molecule has 1 atom stereocenters. The topological polar surface area (TPSA) is 52.3 Å². The van der Waals surface area contributed by atoms with Gasteiger partial charge < -0.3 is 10.5 Å². The molecule has 0 aliphatic carbocycles. The Labute approximate surface area is 116 Å². The monoisotopic (exact) mass is 349 g/mol. The number of nitrogens with two attached hydrogens (primary N) is 1. The van der Waals surface area contributed by atoms with Crippen LogP contribution in [0.15, 0.2) is 15.9 Å². The van der Waals surface area contributed by atoms with Crippen LogP contribution in [0, 0.1) is 0 Å². The predicted octanol–water partition coefficient (Wildman–Crippen LogP) is 3.13. The molecule has 1 aromatic heterocycles. The van der Waals surface area contributed by atoms with Crippen molar-refractivity contribution < 1.29 is 18.3 Å². The SMILES string of the molecule is CCOC(=O)C(F)(F)[C@H](N)c1sccc1Br.Cl. The van der Waals surface area contributed by atoms with Gasteiger partial charge in [-0.3, -0.25) is 0 Å². The summed E-state index contributed by atoms with van der Waals surface area (Å²) in [6, 6.07) is -0.0953. The smallest absolute Gasteiger partial charge is 0.379 e. The zero-order valence-electron chi connectivity index (χ0n) is 8.78. The molecule has 1 rings (SSSR count). The Morgan fingerprint density at radius 1 is 1.71 bits per heavy atom. The van der Waals surface area contributed by atoms with Crippen LogP contribution in [0.5, 0.6) is 0 Å². The molecule has 17 heavy (non-hydrogen) atoms. The average Bonchev–Trinajstić information content (AvgIpc) is 2.63. The van der Waals surface area contributed by atoms with E-state index >= 15 is 0 Å². The van der Waals surface area contributed by atoms with E-state index in [1.165, 1.54) is 6.92 Å². The summed E-state index contributed by atoms with van der Waals surface area (Å²) < 4.78 is 31.8. The van der Waals surface area contributed by atoms with Gasteiger partial charge in [-0.1, -0.05) is 0 Å². The molecule has 98 valence electrons. The van der Waals surface area contributed by atoms with E-state index in [1.807, 2.05) is 0 Å². The first-order valence-corrected chi connectivity index (χ1v) is 6.12. The van der Waals surface area contributed by atoms with E-state index in [0.717, 1.165) is 11.3 Å². The van der Waals surface area contributed by atoms with Crippen molar-refractivity contribution in [3.63, 3.8) is 0 Å². The Morgan fingerprint density at radius 2 is 2.29 bits per heavy atom. The first-order valence-electron chi connectivity index (χ1n) is 4.44.